The number of nitrogens with one attached hydrogen (secondary N) is 1. The Bertz CT molecular complexity index is 323. The van der Waals surface area contributed by atoms with E-state index >= 15 is 0 Å². The molecule has 0 amide bonds. The highest BCUT2D eigenvalue weighted by molar-refractivity contribution is 7.12. The summed E-state index contributed by atoms with van der Waals surface area (Å²) in [7, 11) is 0. The molecule has 0 aliphatic rings. The second kappa shape index (κ2) is 4.64. The van der Waals surface area contributed by atoms with Gasteiger partial charge in [0.25, 0.3) is 0 Å². The summed E-state index contributed by atoms with van der Waals surface area (Å²) in [5, 5.41) is 3.47. The van der Waals surface area contributed by atoms with Crippen LogP contribution in [-0.2, 0) is 0 Å². The molecule has 0 radical (unpaired) electrons. The molecule has 2 nitrogen and oxygen atoms in total. The largest absolute Gasteiger partial charge is 0.324 e. The van der Waals surface area contributed by atoms with E-state index in [4.69, 9.17) is 5.73 Å². The van der Waals surface area contributed by atoms with Gasteiger partial charge in [-0.05, 0) is 46.2 Å². The summed E-state index contributed by atoms with van der Waals surface area (Å²) >= 11 is 1.86. The van der Waals surface area contributed by atoms with E-state index in [9.17, 15) is 0 Å². The lowest BCUT2D eigenvalue weighted by atomic mass is 10.1. The summed E-state index contributed by atoms with van der Waals surface area (Å²) in [5.74, 6) is 0. The van der Waals surface area contributed by atoms with Crippen molar-refractivity contribution in [2.45, 2.75) is 46.2 Å². The molecular formula is C12H22N2S. The Kier molecular flexibility index (Phi) is 3.93. The predicted molar refractivity (Wildman–Crippen MR) is 68.5 cm³/mol. The monoisotopic (exact) mass is 226 g/mol. The molecule has 1 atom stereocenters. The van der Waals surface area contributed by atoms with E-state index in [1.54, 1.807) is 0 Å². The first kappa shape index (κ1) is 12.7. The number of hydrogen-bond donors (Lipinski definition) is 2. The molecule has 0 fully saturated rings. The summed E-state index contributed by atoms with van der Waals surface area (Å²) in [6.45, 7) is 11.4. The fourth-order valence-corrected chi connectivity index (χ4v) is 2.63. The lowest BCUT2D eigenvalue weighted by Gasteiger charge is -2.22. The van der Waals surface area contributed by atoms with Gasteiger partial charge >= 0.3 is 0 Å². The second-order valence-electron chi connectivity index (χ2n) is 4.96. The Labute approximate surface area is 96.9 Å². The molecule has 0 aliphatic heterocycles. The Morgan fingerprint density at radius 3 is 2.47 bits per heavy atom. The van der Waals surface area contributed by atoms with Gasteiger partial charge in [-0.15, -0.1) is 11.3 Å². The van der Waals surface area contributed by atoms with Crippen LogP contribution in [0.2, 0.25) is 0 Å². The minimum absolute atomic E-state index is 0.146. The molecule has 1 aromatic rings. The van der Waals surface area contributed by atoms with E-state index in [1.165, 1.54) is 15.3 Å². The van der Waals surface area contributed by atoms with Crippen molar-refractivity contribution in [3.05, 3.63) is 21.4 Å². The van der Waals surface area contributed by atoms with Crippen LogP contribution >= 0.6 is 11.3 Å². The number of hydrogen-bond acceptors (Lipinski definition) is 3. The van der Waals surface area contributed by atoms with Gasteiger partial charge in [0, 0.05) is 27.9 Å². The van der Waals surface area contributed by atoms with Crippen molar-refractivity contribution < 1.29 is 0 Å². The average molecular weight is 226 g/mol. The SMILES string of the molecule is Cc1cc(C(C)NCC(C)(C)N)c(C)s1. The average Bonchev–Trinajstić information content (AvgIpc) is 2.40. The van der Waals surface area contributed by atoms with Gasteiger partial charge in [0.15, 0.2) is 0 Å². The molecule has 0 aromatic carbocycles. The third-order valence-corrected chi connectivity index (χ3v) is 3.39. The van der Waals surface area contributed by atoms with Gasteiger partial charge in [0.1, 0.15) is 0 Å². The zero-order valence-electron chi connectivity index (χ0n) is 10.3. The van der Waals surface area contributed by atoms with E-state index in [0.717, 1.165) is 6.54 Å². The van der Waals surface area contributed by atoms with E-state index in [2.05, 4.69) is 32.2 Å². The number of nitrogens with two attached hydrogens (primary N) is 1. The van der Waals surface area contributed by atoms with Crippen LogP contribution in [0.4, 0.5) is 0 Å². The van der Waals surface area contributed by atoms with Crippen LogP contribution in [0.15, 0.2) is 6.07 Å². The highest BCUT2D eigenvalue weighted by atomic mass is 32.1. The van der Waals surface area contributed by atoms with Crippen LogP contribution in [0.1, 0.15) is 42.1 Å². The normalized spacial score (nSPS) is 14.3. The summed E-state index contributed by atoms with van der Waals surface area (Å²) in [6, 6.07) is 2.65. The smallest absolute Gasteiger partial charge is 0.0303 e. The standard InChI is InChI=1S/C12H22N2S/c1-8-6-11(10(3)15-8)9(2)14-7-12(4,5)13/h6,9,14H,7,13H2,1-5H3. The van der Waals surface area contributed by atoms with Crippen LogP contribution in [0.3, 0.4) is 0 Å². The van der Waals surface area contributed by atoms with Crippen LogP contribution in [-0.4, -0.2) is 12.1 Å². The third-order valence-electron chi connectivity index (χ3n) is 2.41. The molecule has 1 rings (SSSR count). The molecule has 3 N–H and O–H groups in total. The van der Waals surface area contributed by atoms with Crippen molar-refractivity contribution in [1.29, 1.82) is 0 Å². The lowest BCUT2D eigenvalue weighted by Crippen LogP contribution is -2.43. The van der Waals surface area contributed by atoms with Gasteiger partial charge in [-0.25, -0.2) is 0 Å². The molecular weight excluding hydrogens is 204 g/mol. The maximum absolute atomic E-state index is 5.95. The van der Waals surface area contributed by atoms with Crippen LogP contribution in [0, 0.1) is 13.8 Å². The molecule has 0 bridgehead atoms. The molecule has 1 heterocycles. The maximum atomic E-state index is 5.95. The first-order chi connectivity index (χ1) is 6.79. The zero-order valence-corrected chi connectivity index (χ0v) is 11.2. The minimum Gasteiger partial charge on any atom is -0.324 e. The topological polar surface area (TPSA) is 38.0 Å². The fraction of sp³-hybridized carbons (Fsp3) is 0.667. The van der Waals surface area contributed by atoms with E-state index in [-0.39, 0.29) is 5.54 Å². The number of thiophene rings is 1. The quantitative estimate of drug-likeness (QED) is 0.828. The fourth-order valence-electron chi connectivity index (χ4n) is 1.61. The van der Waals surface area contributed by atoms with E-state index < -0.39 is 0 Å². The molecule has 0 spiro atoms. The Morgan fingerprint density at radius 2 is 2.07 bits per heavy atom. The second-order valence-corrected chi connectivity index (χ2v) is 6.42. The summed E-state index contributed by atoms with van der Waals surface area (Å²) in [5.41, 5.74) is 7.20. The highest BCUT2D eigenvalue weighted by Crippen LogP contribution is 2.26. The van der Waals surface area contributed by atoms with Crippen molar-refractivity contribution in [2.75, 3.05) is 6.54 Å². The molecule has 0 saturated heterocycles. The lowest BCUT2D eigenvalue weighted by molar-refractivity contribution is 0.434. The molecule has 1 unspecified atom stereocenters. The summed E-state index contributed by atoms with van der Waals surface area (Å²) in [4.78, 5) is 2.78. The number of aryl methyl sites for hydroxylation is 2. The Morgan fingerprint density at radius 1 is 1.47 bits per heavy atom. The van der Waals surface area contributed by atoms with Crippen LogP contribution in [0.5, 0.6) is 0 Å². The van der Waals surface area contributed by atoms with Gasteiger partial charge in [0.05, 0.1) is 0 Å². The highest BCUT2D eigenvalue weighted by Gasteiger charge is 2.15. The maximum Gasteiger partial charge on any atom is 0.0303 e. The van der Waals surface area contributed by atoms with Crippen molar-refractivity contribution >= 4 is 11.3 Å². The van der Waals surface area contributed by atoms with Gasteiger partial charge in [-0.2, -0.15) is 0 Å². The van der Waals surface area contributed by atoms with E-state index in [0.29, 0.717) is 6.04 Å². The van der Waals surface area contributed by atoms with Crippen LogP contribution < -0.4 is 11.1 Å². The zero-order chi connectivity index (χ0) is 11.6. The van der Waals surface area contributed by atoms with Gasteiger partial charge < -0.3 is 11.1 Å². The van der Waals surface area contributed by atoms with Crippen molar-refractivity contribution in [2.24, 2.45) is 5.73 Å². The summed E-state index contributed by atoms with van der Waals surface area (Å²) in [6.07, 6.45) is 0. The predicted octanol–water partition coefficient (Wildman–Crippen LogP) is 2.75. The van der Waals surface area contributed by atoms with Gasteiger partial charge in [-0.3, -0.25) is 0 Å². The first-order valence-electron chi connectivity index (χ1n) is 5.39. The van der Waals surface area contributed by atoms with Crippen molar-refractivity contribution in [1.82, 2.24) is 5.32 Å². The third kappa shape index (κ3) is 3.93. The first-order valence-corrected chi connectivity index (χ1v) is 6.20. The summed E-state index contributed by atoms with van der Waals surface area (Å²) < 4.78 is 0. The Balaban J connectivity index is 2.61. The van der Waals surface area contributed by atoms with Gasteiger partial charge in [0.2, 0.25) is 0 Å². The molecule has 0 saturated carbocycles. The molecule has 3 heteroatoms. The number of rotatable bonds is 4. The molecule has 86 valence electrons. The minimum atomic E-state index is -0.146. The van der Waals surface area contributed by atoms with Crippen molar-refractivity contribution in [3.8, 4) is 0 Å². The van der Waals surface area contributed by atoms with Gasteiger partial charge in [-0.1, -0.05) is 0 Å². The van der Waals surface area contributed by atoms with Crippen molar-refractivity contribution in [3.63, 3.8) is 0 Å². The molecule has 1 aromatic heterocycles. The van der Waals surface area contributed by atoms with Crippen LogP contribution in [0.25, 0.3) is 0 Å². The Hall–Kier alpha value is -0.380. The van der Waals surface area contributed by atoms with E-state index in [1.807, 2.05) is 25.2 Å². The molecule has 0 aliphatic carbocycles. The molecule has 15 heavy (non-hydrogen) atoms.